The van der Waals surface area contributed by atoms with E-state index in [-0.39, 0.29) is 0 Å². The van der Waals surface area contributed by atoms with Gasteiger partial charge in [0.2, 0.25) is 5.16 Å². The van der Waals surface area contributed by atoms with Crippen LogP contribution in [0.2, 0.25) is 0 Å². The summed E-state index contributed by atoms with van der Waals surface area (Å²) in [6.45, 7) is 4.22. The second-order valence-electron chi connectivity index (χ2n) is 2.27. The molecule has 0 fully saturated rings. The molecule has 0 radical (unpaired) electrons. The minimum absolute atomic E-state index is 0.878. The van der Waals surface area contributed by atoms with E-state index in [1.54, 1.807) is 11.8 Å². The molecular weight excluding hydrogens is 158 g/mol. The molecule has 1 rings (SSSR count). The summed E-state index contributed by atoms with van der Waals surface area (Å²) in [6, 6.07) is 0. The van der Waals surface area contributed by atoms with Crippen LogP contribution in [0.3, 0.4) is 0 Å². The molecule has 1 heterocycles. The van der Waals surface area contributed by atoms with E-state index in [4.69, 9.17) is 0 Å². The van der Waals surface area contributed by atoms with Crippen molar-refractivity contribution < 1.29 is 0 Å². The molecule has 0 saturated heterocycles. The Morgan fingerprint density at radius 2 is 2.27 bits per heavy atom. The van der Waals surface area contributed by atoms with Gasteiger partial charge in [-0.15, -0.1) is 5.10 Å². The molecule has 0 aliphatic rings. The molecule has 0 aliphatic heterocycles. The first kappa shape index (κ1) is 8.59. The zero-order chi connectivity index (χ0) is 8.10. The Labute approximate surface area is 71.0 Å². The quantitative estimate of drug-likeness (QED) is 0.703. The van der Waals surface area contributed by atoms with Gasteiger partial charge in [0.05, 0.1) is 0 Å². The zero-order valence-corrected chi connectivity index (χ0v) is 7.74. The van der Waals surface area contributed by atoms with Gasteiger partial charge in [0.15, 0.2) is 0 Å². The van der Waals surface area contributed by atoms with Crippen LogP contribution in [0.25, 0.3) is 0 Å². The third kappa shape index (κ3) is 2.54. The smallest absolute Gasteiger partial charge is 0.208 e. The average molecular weight is 171 g/mol. The normalized spacial score (nSPS) is 10.4. The Bertz CT molecular complexity index is 209. The lowest BCUT2D eigenvalue weighted by Crippen LogP contribution is -1.81. The fourth-order valence-corrected chi connectivity index (χ4v) is 1.37. The minimum Gasteiger partial charge on any atom is -0.262 e. The van der Waals surface area contributed by atoms with Crippen LogP contribution in [0.5, 0.6) is 0 Å². The summed E-state index contributed by atoms with van der Waals surface area (Å²) < 4.78 is 0. The van der Waals surface area contributed by atoms with Gasteiger partial charge in [-0.1, -0.05) is 25.6 Å². The van der Waals surface area contributed by atoms with Crippen molar-refractivity contribution in [2.24, 2.45) is 0 Å². The van der Waals surface area contributed by atoms with Gasteiger partial charge in [0.25, 0.3) is 0 Å². The molecule has 1 aromatic rings. The third-order valence-corrected chi connectivity index (χ3v) is 2.33. The highest BCUT2D eigenvalue weighted by Gasteiger charge is 1.99. The molecule has 0 aromatic carbocycles. The lowest BCUT2D eigenvalue weighted by molar-refractivity contribution is 0.940. The van der Waals surface area contributed by atoms with E-state index in [0.29, 0.717) is 0 Å². The maximum atomic E-state index is 4.26. The van der Waals surface area contributed by atoms with Gasteiger partial charge >= 0.3 is 0 Å². The van der Waals surface area contributed by atoms with Crippen LogP contribution < -0.4 is 0 Å². The highest BCUT2D eigenvalue weighted by atomic mass is 32.2. The van der Waals surface area contributed by atoms with E-state index in [0.717, 1.165) is 23.2 Å². The third-order valence-electron chi connectivity index (χ3n) is 1.28. The molecule has 62 valence electrons. The van der Waals surface area contributed by atoms with Crippen LogP contribution in [0.1, 0.15) is 26.1 Å². The number of aryl methyl sites for hydroxylation is 1. The van der Waals surface area contributed by atoms with Crippen molar-refractivity contribution in [3.05, 3.63) is 5.82 Å². The van der Waals surface area contributed by atoms with Gasteiger partial charge in [-0.2, -0.15) is 0 Å². The number of rotatable bonds is 4. The van der Waals surface area contributed by atoms with Gasteiger partial charge in [-0.3, -0.25) is 5.10 Å². The Morgan fingerprint density at radius 3 is 2.82 bits per heavy atom. The summed E-state index contributed by atoms with van der Waals surface area (Å²) >= 11 is 1.70. The molecule has 11 heavy (non-hydrogen) atoms. The number of nitrogens with one attached hydrogen (secondary N) is 1. The zero-order valence-electron chi connectivity index (χ0n) is 6.92. The maximum Gasteiger partial charge on any atom is 0.208 e. The summed E-state index contributed by atoms with van der Waals surface area (Å²) in [4.78, 5) is 4.26. The number of hydrogen-bond donors (Lipinski definition) is 1. The second kappa shape index (κ2) is 4.38. The van der Waals surface area contributed by atoms with Crippen molar-refractivity contribution in [3.8, 4) is 0 Å². The number of nitrogens with zero attached hydrogens (tertiary/aromatic N) is 2. The van der Waals surface area contributed by atoms with Crippen molar-refractivity contribution in [1.29, 1.82) is 0 Å². The van der Waals surface area contributed by atoms with Crippen LogP contribution in [0.4, 0.5) is 0 Å². The van der Waals surface area contributed by atoms with Crippen LogP contribution in [-0.4, -0.2) is 20.9 Å². The Balaban J connectivity index is 2.44. The standard InChI is InChI=1S/C7H13N3S/c1-3-5-11-7-8-6(4-2)9-10-7/h3-5H2,1-2H3,(H,8,9,10). The molecule has 0 saturated carbocycles. The fourth-order valence-electron chi connectivity index (χ4n) is 0.694. The van der Waals surface area contributed by atoms with Crippen molar-refractivity contribution in [2.45, 2.75) is 31.8 Å². The molecule has 0 bridgehead atoms. The average Bonchev–Trinajstić information content (AvgIpc) is 2.48. The first-order valence-corrected chi connectivity index (χ1v) is 4.89. The van der Waals surface area contributed by atoms with E-state index < -0.39 is 0 Å². The van der Waals surface area contributed by atoms with Crippen LogP contribution in [0, 0.1) is 0 Å². The first-order chi connectivity index (χ1) is 5.36. The number of thioether (sulfide) groups is 1. The summed E-state index contributed by atoms with van der Waals surface area (Å²) in [5.41, 5.74) is 0. The van der Waals surface area contributed by atoms with Gasteiger partial charge in [0.1, 0.15) is 5.82 Å². The van der Waals surface area contributed by atoms with E-state index in [1.807, 2.05) is 0 Å². The molecular formula is C7H13N3S. The van der Waals surface area contributed by atoms with E-state index >= 15 is 0 Å². The van der Waals surface area contributed by atoms with Crippen molar-refractivity contribution >= 4 is 11.8 Å². The van der Waals surface area contributed by atoms with Crippen molar-refractivity contribution in [2.75, 3.05) is 5.75 Å². The predicted molar refractivity (Wildman–Crippen MR) is 46.8 cm³/mol. The summed E-state index contributed by atoms with van der Waals surface area (Å²) in [5, 5.41) is 7.81. The highest BCUT2D eigenvalue weighted by Crippen LogP contribution is 2.12. The summed E-state index contributed by atoms with van der Waals surface area (Å²) in [5.74, 6) is 2.07. The Hall–Kier alpha value is -0.510. The van der Waals surface area contributed by atoms with Gasteiger partial charge in [-0.25, -0.2) is 4.98 Å². The summed E-state index contributed by atoms with van der Waals surface area (Å²) in [7, 11) is 0. The molecule has 3 nitrogen and oxygen atoms in total. The lowest BCUT2D eigenvalue weighted by atomic mass is 10.5. The van der Waals surface area contributed by atoms with Gasteiger partial charge in [0, 0.05) is 12.2 Å². The van der Waals surface area contributed by atoms with Crippen LogP contribution >= 0.6 is 11.8 Å². The fraction of sp³-hybridized carbons (Fsp3) is 0.714. The molecule has 0 atom stereocenters. The van der Waals surface area contributed by atoms with E-state index in [2.05, 4.69) is 29.0 Å². The van der Waals surface area contributed by atoms with Crippen LogP contribution in [-0.2, 0) is 6.42 Å². The maximum absolute atomic E-state index is 4.26. The van der Waals surface area contributed by atoms with Crippen molar-refractivity contribution in [1.82, 2.24) is 15.2 Å². The monoisotopic (exact) mass is 171 g/mol. The molecule has 0 unspecified atom stereocenters. The van der Waals surface area contributed by atoms with Gasteiger partial charge < -0.3 is 0 Å². The van der Waals surface area contributed by atoms with Crippen molar-refractivity contribution in [3.63, 3.8) is 0 Å². The molecule has 4 heteroatoms. The second-order valence-corrected chi connectivity index (χ2v) is 3.33. The first-order valence-electron chi connectivity index (χ1n) is 3.90. The Morgan fingerprint density at radius 1 is 1.45 bits per heavy atom. The number of aromatic nitrogens is 3. The highest BCUT2D eigenvalue weighted by molar-refractivity contribution is 7.99. The Kier molecular flexibility index (Phi) is 3.42. The topological polar surface area (TPSA) is 41.6 Å². The van der Waals surface area contributed by atoms with E-state index in [1.165, 1.54) is 6.42 Å². The van der Waals surface area contributed by atoms with E-state index in [9.17, 15) is 0 Å². The molecule has 0 amide bonds. The SMILES string of the molecule is CCCSc1n[nH]c(CC)n1. The number of aromatic amines is 1. The van der Waals surface area contributed by atoms with Gasteiger partial charge in [-0.05, 0) is 6.42 Å². The minimum atomic E-state index is 0.878. The number of hydrogen-bond acceptors (Lipinski definition) is 3. The number of H-pyrrole nitrogens is 1. The molecule has 0 spiro atoms. The molecule has 1 aromatic heterocycles. The van der Waals surface area contributed by atoms with Crippen LogP contribution in [0.15, 0.2) is 5.16 Å². The molecule has 0 aliphatic carbocycles. The summed E-state index contributed by atoms with van der Waals surface area (Å²) in [6.07, 6.45) is 2.10. The predicted octanol–water partition coefficient (Wildman–Crippen LogP) is 1.87. The largest absolute Gasteiger partial charge is 0.262 e. The lowest BCUT2D eigenvalue weighted by Gasteiger charge is -1.88. The molecule has 1 N–H and O–H groups in total.